The number of benzene rings is 1. The molecule has 3 heteroatoms. The van der Waals surface area contributed by atoms with Gasteiger partial charge in [0.1, 0.15) is 6.10 Å². The highest BCUT2D eigenvalue weighted by Crippen LogP contribution is 2.30. The molecule has 1 aromatic rings. The quantitative estimate of drug-likeness (QED) is 0.805. The standard InChI is InChI=1S/C12H15NO2/c1-2-9-8-13-12(14)15-11(9)10-6-4-3-5-7-10/h3-7,9,11H,2,8H2,1H3,(H,13,14)/t9-,11-/m1/s1. The predicted octanol–water partition coefficient (Wildman–Crippen LogP) is 2.49. The molecule has 1 N–H and O–H groups in total. The van der Waals surface area contributed by atoms with Gasteiger partial charge in [0.25, 0.3) is 0 Å². The van der Waals surface area contributed by atoms with E-state index in [1.54, 1.807) is 0 Å². The second-order valence-corrected chi connectivity index (χ2v) is 3.79. The van der Waals surface area contributed by atoms with Crippen LogP contribution in [0.1, 0.15) is 25.0 Å². The van der Waals surface area contributed by atoms with Gasteiger partial charge >= 0.3 is 6.09 Å². The van der Waals surface area contributed by atoms with E-state index in [4.69, 9.17) is 4.74 Å². The Balaban J connectivity index is 2.21. The number of carbonyl (C=O) groups is 1. The van der Waals surface area contributed by atoms with E-state index < -0.39 is 0 Å². The topological polar surface area (TPSA) is 38.3 Å². The Morgan fingerprint density at radius 2 is 2.13 bits per heavy atom. The summed E-state index contributed by atoms with van der Waals surface area (Å²) in [4.78, 5) is 11.2. The fourth-order valence-corrected chi connectivity index (χ4v) is 1.92. The van der Waals surface area contributed by atoms with E-state index in [2.05, 4.69) is 12.2 Å². The van der Waals surface area contributed by atoms with Gasteiger partial charge in [-0.25, -0.2) is 4.79 Å². The van der Waals surface area contributed by atoms with Crippen LogP contribution in [-0.4, -0.2) is 12.6 Å². The normalized spacial score (nSPS) is 25.5. The summed E-state index contributed by atoms with van der Waals surface area (Å²) in [5.74, 6) is 0.366. The van der Waals surface area contributed by atoms with E-state index >= 15 is 0 Å². The number of alkyl carbamates (subject to hydrolysis) is 1. The first-order valence-corrected chi connectivity index (χ1v) is 5.30. The predicted molar refractivity (Wildman–Crippen MR) is 57.4 cm³/mol. The molecule has 1 aliphatic rings. The molecule has 2 atom stereocenters. The summed E-state index contributed by atoms with van der Waals surface area (Å²) < 4.78 is 5.33. The van der Waals surface area contributed by atoms with Crippen molar-refractivity contribution in [2.45, 2.75) is 19.4 Å². The van der Waals surface area contributed by atoms with E-state index in [0.29, 0.717) is 12.5 Å². The maximum absolute atomic E-state index is 11.2. The largest absolute Gasteiger partial charge is 0.441 e. The highest BCUT2D eigenvalue weighted by Gasteiger charge is 2.30. The number of carbonyl (C=O) groups excluding carboxylic acids is 1. The van der Waals surface area contributed by atoms with Gasteiger partial charge in [-0.3, -0.25) is 0 Å². The maximum atomic E-state index is 11.2. The first kappa shape index (κ1) is 10.0. The monoisotopic (exact) mass is 205 g/mol. The van der Waals surface area contributed by atoms with Gasteiger partial charge in [-0.2, -0.15) is 0 Å². The van der Waals surface area contributed by atoms with Gasteiger partial charge in [-0.05, 0) is 12.0 Å². The van der Waals surface area contributed by atoms with Crippen LogP contribution in [0.15, 0.2) is 30.3 Å². The Hall–Kier alpha value is -1.51. The van der Waals surface area contributed by atoms with Crippen LogP contribution in [0.4, 0.5) is 4.79 Å². The summed E-state index contributed by atoms with van der Waals surface area (Å²) in [6.07, 6.45) is 0.596. The van der Waals surface area contributed by atoms with Crippen molar-refractivity contribution in [3.8, 4) is 0 Å². The third-order valence-corrected chi connectivity index (χ3v) is 2.82. The minimum atomic E-state index is -0.312. The number of hydrogen-bond donors (Lipinski definition) is 1. The molecule has 1 heterocycles. The zero-order valence-electron chi connectivity index (χ0n) is 8.77. The average molecular weight is 205 g/mol. The first-order valence-electron chi connectivity index (χ1n) is 5.30. The van der Waals surface area contributed by atoms with Gasteiger partial charge in [0, 0.05) is 12.5 Å². The molecule has 1 aliphatic heterocycles. The van der Waals surface area contributed by atoms with Crippen LogP contribution >= 0.6 is 0 Å². The van der Waals surface area contributed by atoms with Crippen LogP contribution in [0.3, 0.4) is 0 Å². The summed E-state index contributed by atoms with van der Waals surface area (Å²) in [6, 6.07) is 9.92. The van der Waals surface area contributed by atoms with E-state index in [0.717, 1.165) is 12.0 Å². The molecule has 80 valence electrons. The summed E-state index contributed by atoms with van der Waals surface area (Å²) in [7, 11) is 0. The Bertz CT molecular complexity index is 337. The molecular weight excluding hydrogens is 190 g/mol. The van der Waals surface area contributed by atoms with Gasteiger partial charge in [-0.1, -0.05) is 37.3 Å². The maximum Gasteiger partial charge on any atom is 0.407 e. The number of nitrogens with one attached hydrogen (secondary N) is 1. The van der Waals surface area contributed by atoms with Crippen molar-refractivity contribution in [1.29, 1.82) is 0 Å². The van der Waals surface area contributed by atoms with Crippen molar-refractivity contribution < 1.29 is 9.53 Å². The number of rotatable bonds is 2. The van der Waals surface area contributed by atoms with Crippen molar-refractivity contribution in [1.82, 2.24) is 5.32 Å². The number of cyclic esters (lactones) is 1. The fourth-order valence-electron chi connectivity index (χ4n) is 1.92. The van der Waals surface area contributed by atoms with Crippen molar-refractivity contribution in [2.75, 3.05) is 6.54 Å². The molecule has 0 radical (unpaired) electrons. The van der Waals surface area contributed by atoms with Crippen LogP contribution in [0.5, 0.6) is 0 Å². The Morgan fingerprint density at radius 1 is 1.40 bits per heavy atom. The van der Waals surface area contributed by atoms with E-state index in [-0.39, 0.29) is 12.2 Å². The molecule has 1 saturated heterocycles. The molecule has 0 spiro atoms. The average Bonchev–Trinajstić information content (AvgIpc) is 2.30. The van der Waals surface area contributed by atoms with Crippen LogP contribution < -0.4 is 5.32 Å². The molecule has 3 nitrogen and oxygen atoms in total. The SMILES string of the molecule is CC[C@@H]1CNC(=O)O[C@H]1c1ccccc1. The van der Waals surface area contributed by atoms with Crippen molar-refractivity contribution >= 4 is 6.09 Å². The first-order chi connectivity index (χ1) is 7.31. The van der Waals surface area contributed by atoms with E-state index in [1.807, 2.05) is 30.3 Å². The minimum Gasteiger partial charge on any atom is -0.441 e. The van der Waals surface area contributed by atoms with E-state index in [1.165, 1.54) is 0 Å². The molecule has 1 amide bonds. The summed E-state index contributed by atoms with van der Waals surface area (Å²) in [5.41, 5.74) is 1.08. The molecule has 0 saturated carbocycles. The fraction of sp³-hybridized carbons (Fsp3) is 0.417. The van der Waals surface area contributed by atoms with Crippen LogP contribution in [0, 0.1) is 5.92 Å². The van der Waals surface area contributed by atoms with Crippen molar-refractivity contribution in [3.63, 3.8) is 0 Å². The third-order valence-electron chi connectivity index (χ3n) is 2.82. The second-order valence-electron chi connectivity index (χ2n) is 3.79. The smallest absolute Gasteiger partial charge is 0.407 e. The molecule has 1 aromatic carbocycles. The molecular formula is C12H15NO2. The summed E-state index contributed by atoms with van der Waals surface area (Å²) in [5, 5.41) is 2.72. The third kappa shape index (κ3) is 2.12. The van der Waals surface area contributed by atoms with Gasteiger partial charge in [0.2, 0.25) is 0 Å². The second kappa shape index (κ2) is 4.34. The summed E-state index contributed by atoms with van der Waals surface area (Å²) >= 11 is 0. The number of ether oxygens (including phenoxy) is 1. The highest BCUT2D eigenvalue weighted by molar-refractivity contribution is 5.68. The van der Waals surface area contributed by atoms with Gasteiger partial charge in [0.15, 0.2) is 0 Å². The van der Waals surface area contributed by atoms with Gasteiger partial charge in [-0.15, -0.1) is 0 Å². The molecule has 2 rings (SSSR count). The van der Waals surface area contributed by atoms with Gasteiger partial charge < -0.3 is 10.1 Å². The molecule has 0 bridgehead atoms. The Morgan fingerprint density at radius 3 is 2.80 bits per heavy atom. The van der Waals surface area contributed by atoms with Crippen molar-refractivity contribution in [2.24, 2.45) is 5.92 Å². The van der Waals surface area contributed by atoms with Crippen LogP contribution in [0.25, 0.3) is 0 Å². The lowest BCUT2D eigenvalue weighted by Crippen LogP contribution is -2.40. The van der Waals surface area contributed by atoms with Gasteiger partial charge in [0.05, 0.1) is 0 Å². The zero-order valence-corrected chi connectivity index (χ0v) is 8.77. The lowest BCUT2D eigenvalue weighted by atomic mass is 9.92. The molecule has 0 unspecified atom stereocenters. The molecule has 1 fully saturated rings. The molecule has 15 heavy (non-hydrogen) atoms. The van der Waals surface area contributed by atoms with Crippen LogP contribution in [-0.2, 0) is 4.74 Å². The van der Waals surface area contributed by atoms with E-state index in [9.17, 15) is 4.79 Å². The molecule has 0 aliphatic carbocycles. The number of hydrogen-bond acceptors (Lipinski definition) is 2. The summed E-state index contributed by atoms with van der Waals surface area (Å²) in [6.45, 7) is 2.82. The minimum absolute atomic E-state index is 0.0926. The number of amides is 1. The highest BCUT2D eigenvalue weighted by atomic mass is 16.6. The zero-order chi connectivity index (χ0) is 10.7. The molecule has 0 aromatic heterocycles. The Kier molecular flexibility index (Phi) is 2.90. The lowest BCUT2D eigenvalue weighted by Gasteiger charge is -2.31. The van der Waals surface area contributed by atoms with Crippen molar-refractivity contribution in [3.05, 3.63) is 35.9 Å². The Labute approximate surface area is 89.4 Å². The lowest BCUT2D eigenvalue weighted by molar-refractivity contribution is 0.0347. The van der Waals surface area contributed by atoms with Crippen LogP contribution in [0.2, 0.25) is 0 Å².